The van der Waals surface area contributed by atoms with Crippen molar-refractivity contribution in [1.29, 1.82) is 0 Å². The Kier molecular flexibility index (Phi) is 6.63. The average molecular weight is 408 g/mol. The topological polar surface area (TPSA) is 91.8 Å². The molecule has 1 aromatic heterocycles. The lowest BCUT2D eigenvalue weighted by Crippen LogP contribution is -2.36. The minimum atomic E-state index is -4.94. The van der Waals surface area contributed by atoms with Crippen LogP contribution in [0.3, 0.4) is 0 Å². The fourth-order valence-corrected chi connectivity index (χ4v) is 2.53. The number of methoxy groups -OCH3 is 1. The van der Waals surface area contributed by atoms with Gasteiger partial charge in [0.2, 0.25) is 0 Å². The van der Waals surface area contributed by atoms with Crippen molar-refractivity contribution in [2.45, 2.75) is 31.0 Å². The van der Waals surface area contributed by atoms with E-state index in [4.69, 9.17) is 32.9 Å². The molecule has 1 N–H and O–H groups in total. The minimum Gasteiger partial charge on any atom is -0.460 e. The van der Waals surface area contributed by atoms with Gasteiger partial charge in [-0.1, -0.05) is 5.92 Å². The van der Waals surface area contributed by atoms with Crippen LogP contribution in [0.5, 0.6) is 0 Å². The molecule has 1 aromatic rings. The lowest BCUT2D eigenvalue weighted by atomic mass is 10.2. The molecule has 0 saturated carbocycles. The second-order valence-corrected chi connectivity index (χ2v) is 5.72. The Morgan fingerprint density at radius 1 is 1.52 bits per heavy atom. The first-order chi connectivity index (χ1) is 12.7. The van der Waals surface area contributed by atoms with Crippen LogP contribution < -0.4 is 11.2 Å². The summed E-state index contributed by atoms with van der Waals surface area (Å²) in [4.78, 5) is 25.0. The van der Waals surface area contributed by atoms with E-state index in [-0.39, 0.29) is 24.9 Å². The van der Waals surface area contributed by atoms with E-state index in [1.54, 1.807) is 4.98 Å². The molecule has 1 aliphatic rings. The van der Waals surface area contributed by atoms with Gasteiger partial charge in [0, 0.05) is 24.8 Å². The molecule has 8 nitrogen and oxygen atoms in total. The van der Waals surface area contributed by atoms with Gasteiger partial charge in [-0.25, -0.2) is 4.79 Å². The normalized spacial score (nSPS) is 22.3. The Morgan fingerprint density at radius 3 is 2.81 bits per heavy atom. The zero-order chi connectivity index (χ0) is 20.2. The van der Waals surface area contributed by atoms with Crippen molar-refractivity contribution in [1.82, 2.24) is 9.55 Å². The molecule has 0 spiro atoms. The first kappa shape index (κ1) is 20.9. The smallest absolute Gasteiger partial charge is 0.423 e. The summed E-state index contributed by atoms with van der Waals surface area (Å²) in [5.41, 5.74) is -4.11. The number of hydrogen-bond acceptors (Lipinski definition) is 7. The number of rotatable bonds is 5. The van der Waals surface area contributed by atoms with Crippen molar-refractivity contribution in [3.8, 4) is 12.3 Å². The van der Waals surface area contributed by atoms with Crippen molar-refractivity contribution in [2.24, 2.45) is 0 Å². The van der Waals surface area contributed by atoms with Crippen LogP contribution in [0.1, 0.15) is 18.2 Å². The van der Waals surface area contributed by atoms with Gasteiger partial charge in [-0.15, -0.1) is 6.42 Å². The predicted molar refractivity (Wildman–Crippen MR) is 89.0 cm³/mol. The van der Waals surface area contributed by atoms with Crippen molar-refractivity contribution >= 4 is 17.5 Å². The minimum absolute atomic E-state index is 0.00129. The van der Waals surface area contributed by atoms with E-state index < -0.39 is 41.4 Å². The Morgan fingerprint density at radius 2 is 2.22 bits per heavy atom. The number of nitrogens with zero attached hydrogens (tertiary/aromatic N) is 1. The van der Waals surface area contributed by atoms with Crippen LogP contribution in [0.4, 0.5) is 13.2 Å². The van der Waals surface area contributed by atoms with Gasteiger partial charge in [-0.3, -0.25) is 14.3 Å². The Balaban J connectivity index is 2.28. The lowest BCUT2D eigenvalue weighted by Gasteiger charge is -2.18. The summed E-state index contributed by atoms with van der Waals surface area (Å²) >= 11 is 4.74. The van der Waals surface area contributed by atoms with Crippen LogP contribution in [0.2, 0.25) is 0 Å². The van der Waals surface area contributed by atoms with Crippen LogP contribution in [0, 0.1) is 12.3 Å². The largest absolute Gasteiger partial charge is 0.460 e. The molecule has 2 rings (SSSR count). The predicted octanol–water partition coefficient (Wildman–Crippen LogP) is 0.809. The van der Waals surface area contributed by atoms with Gasteiger partial charge >= 0.3 is 17.1 Å². The number of alkyl halides is 3. The Bertz CT molecular complexity index is 844. The monoisotopic (exact) mass is 408 g/mol. The fraction of sp³-hybridized carbons (Fsp3) is 0.533. The third-order valence-corrected chi connectivity index (χ3v) is 3.96. The van der Waals surface area contributed by atoms with Gasteiger partial charge in [0.25, 0.3) is 5.56 Å². The molecule has 0 unspecified atom stereocenters. The molecule has 0 aromatic carbocycles. The summed E-state index contributed by atoms with van der Waals surface area (Å²) in [6, 6.07) is 0. The summed E-state index contributed by atoms with van der Waals surface area (Å²) in [6.07, 6.45) is -1.99. The molecule has 3 atom stereocenters. The fourth-order valence-electron chi connectivity index (χ4n) is 2.46. The zero-order valence-corrected chi connectivity index (χ0v) is 14.8. The number of halogens is 3. The summed E-state index contributed by atoms with van der Waals surface area (Å²) in [6.45, 7) is -0.219. The van der Waals surface area contributed by atoms with E-state index in [9.17, 15) is 22.8 Å². The van der Waals surface area contributed by atoms with Crippen LogP contribution in [0.15, 0.2) is 15.8 Å². The molecule has 148 valence electrons. The summed E-state index contributed by atoms with van der Waals surface area (Å²) < 4.78 is 60.3. The van der Waals surface area contributed by atoms with Gasteiger partial charge in [0.15, 0.2) is 0 Å². The number of aromatic amines is 1. The SMILES string of the molecule is C#CCO[C@H]1C[C@H](n2cc(C(F)(F)F)c(=O)[nH]c2=O)O[C@@H]1COC(=S)OC. The molecule has 1 fully saturated rings. The molecule has 1 saturated heterocycles. The van der Waals surface area contributed by atoms with Crippen LogP contribution in [-0.2, 0) is 25.1 Å². The van der Waals surface area contributed by atoms with Gasteiger partial charge in [0.05, 0.1) is 13.2 Å². The standard InChI is InChI=1S/C15H15F3N2O6S/c1-3-4-24-9-5-11(26-10(9)7-25-14(27)23-2)20-6-8(15(16,17)18)12(21)19-13(20)22/h1,6,9-11H,4-5,7H2,2H3,(H,19,21,22)/t9-,10+,11+/m0/s1. The summed E-state index contributed by atoms with van der Waals surface area (Å²) in [5.74, 6) is 2.26. The van der Waals surface area contributed by atoms with E-state index in [0.29, 0.717) is 10.8 Å². The van der Waals surface area contributed by atoms with Crippen molar-refractivity contribution < 1.29 is 32.1 Å². The molecule has 0 bridgehead atoms. The summed E-state index contributed by atoms with van der Waals surface area (Å²) in [5, 5.41) is -0.168. The van der Waals surface area contributed by atoms with Crippen molar-refractivity contribution in [3.05, 3.63) is 32.6 Å². The quantitative estimate of drug-likeness (QED) is 0.570. The number of ether oxygens (including phenoxy) is 4. The van der Waals surface area contributed by atoms with E-state index in [0.717, 1.165) is 0 Å². The maximum atomic E-state index is 12.9. The van der Waals surface area contributed by atoms with Gasteiger partial charge in [0.1, 0.15) is 31.1 Å². The molecule has 1 aliphatic heterocycles. The van der Waals surface area contributed by atoms with E-state index in [2.05, 4.69) is 10.7 Å². The highest BCUT2D eigenvalue weighted by Crippen LogP contribution is 2.32. The number of aromatic nitrogens is 2. The molecular formula is C15H15F3N2O6S. The highest BCUT2D eigenvalue weighted by molar-refractivity contribution is 7.79. The zero-order valence-electron chi connectivity index (χ0n) is 13.9. The molecule has 0 amide bonds. The van der Waals surface area contributed by atoms with Gasteiger partial charge in [-0.2, -0.15) is 13.2 Å². The van der Waals surface area contributed by atoms with Crippen LogP contribution in [-0.4, -0.2) is 47.3 Å². The number of hydrogen-bond donors (Lipinski definition) is 1. The number of thiocarbonyl (C=S) groups is 1. The van der Waals surface area contributed by atoms with E-state index in [1.165, 1.54) is 7.11 Å². The third kappa shape index (κ3) is 5.09. The maximum absolute atomic E-state index is 12.9. The first-order valence-electron chi connectivity index (χ1n) is 7.51. The van der Waals surface area contributed by atoms with Crippen LogP contribution >= 0.6 is 12.2 Å². The number of H-pyrrole nitrogens is 1. The van der Waals surface area contributed by atoms with Gasteiger partial charge in [-0.05, 0) is 0 Å². The molecule has 0 radical (unpaired) electrons. The lowest BCUT2D eigenvalue weighted by molar-refractivity contribution is -0.139. The highest BCUT2D eigenvalue weighted by atomic mass is 32.1. The summed E-state index contributed by atoms with van der Waals surface area (Å²) in [7, 11) is 1.30. The van der Waals surface area contributed by atoms with Gasteiger partial charge < -0.3 is 18.9 Å². The second-order valence-electron chi connectivity index (χ2n) is 5.39. The number of nitrogens with one attached hydrogen (secondary N) is 1. The Hall–Kier alpha value is -2.36. The van der Waals surface area contributed by atoms with Crippen LogP contribution in [0.25, 0.3) is 0 Å². The molecule has 27 heavy (non-hydrogen) atoms. The molecule has 0 aliphatic carbocycles. The highest BCUT2D eigenvalue weighted by Gasteiger charge is 2.40. The maximum Gasteiger partial charge on any atom is 0.423 e. The Labute approximate surface area is 156 Å². The second kappa shape index (κ2) is 8.55. The first-order valence-corrected chi connectivity index (χ1v) is 7.92. The molecule has 12 heteroatoms. The van der Waals surface area contributed by atoms with E-state index >= 15 is 0 Å². The number of terminal acetylenes is 1. The van der Waals surface area contributed by atoms with E-state index in [1.807, 2.05) is 0 Å². The van der Waals surface area contributed by atoms with Crippen molar-refractivity contribution in [2.75, 3.05) is 20.3 Å². The third-order valence-electron chi connectivity index (χ3n) is 3.68. The molecular weight excluding hydrogens is 393 g/mol. The molecule has 2 heterocycles. The van der Waals surface area contributed by atoms with Crippen molar-refractivity contribution in [3.63, 3.8) is 0 Å². The average Bonchev–Trinajstić information content (AvgIpc) is 2.99.